The summed E-state index contributed by atoms with van der Waals surface area (Å²) in [5.41, 5.74) is 1.09. The fraction of sp³-hybridized carbons (Fsp3) is 0.520. The number of carbonyl (C=O) groups excluding carboxylic acids is 2. The summed E-state index contributed by atoms with van der Waals surface area (Å²) in [5, 5.41) is 4.74. The van der Waals surface area contributed by atoms with Gasteiger partial charge >= 0.3 is 0 Å². The molecule has 0 bridgehead atoms. The Morgan fingerprint density at radius 3 is 2.71 bits per heavy atom. The second-order valence-corrected chi connectivity index (χ2v) is 9.97. The maximum atomic E-state index is 12.0. The molecule has 1 aromatic heterocycles. The van der Waals surface area contributed by atoms with Crippen LogP contribution in [-0.4, -0.2) is 30.4 Å². The Kier molecular flexibility index (Phi) is 6.96. The van der Waals surface area contributed by atoms with Crippen LogP contribution in [0.2, 0.25) is 0 Å². The SMILES string of the molecule is CC(=O)NCC(=O)CCC1CCC2(CC1)CCN(Cc1cccs1)c1ccccc1O2. The average molecular weight is 441 g/mol. The molecule has 4 rings (SSSR count). The van der Waals surface area contributed by atoms with Crippen molar-refractivity contribution in [3.63, 3.8) is 0 Å². The molecule has 0 radical (unpaired) electrons. The summed E-state index contributed by atoms with van der Waals surface area (Å²) < 4.78 is 6.72. The molecule has 0 unspecified atom stereocenters. The Labute approximate surface area is 188 Å². The molecule has 1 aliphatic heterocycles. The number of thiophene rings is 1. The number of hydrogen-bond acceptors (Lipinski definition) is 5. The lowest BCUT2D eigenvalue weighted by Gasteiger charge is -2.39. The zero-order valence-corrected chi connectivity index (χ0v) is 19.1. The topological polar surface area (TPSA) is 58.6 Å². The van der Waals surface area contributed by atoms with Gasteiger partial charge in [-0.25, -0.2) is 0 Å². The average Bonchev–Trinajstić information content (AvgIpc) is 3.23. The maximum Gasteiger partial charge on any atom is 0.217 e. The number of rotatable bonds is 7. The number of nitrogens with zero attached hydrogens (tertiary/aromatic N) is 1. The van der Waals surface area contributed by atoms with E-state index in [4.69, 9.17) is 4.74 Å². The summed E-state index contributed by atoms with van der Waals surface area (Å²) in [5.74, 6) is 1.54. The Morgan fingerprint density at radius 1 is 1.16 bits per heavy atom. The minimum atomic E-state index is -0.146. The normalized spacial score (nSPS) is 23.0. The molecule has 1 aromatic carbocycles. The van der Waals surface area contributed by atoms with Gasteiger partial charge in [-0.1, -0.05) is 18.2 Å². The lowest BCUT2D eigenvalue weighted by molar-refractivity contribution is -0.124. The van der Waals surface area contributed by atoms with Crippen molar-refractivity contribution in [3.05, 3.63) is 46.7 Å². The van der Waals surface area contributed by atoms with E-state index in [2.05, 4.69) is 52.0 Å². The first-order valence-electron chi connectivity index (χ1n) is 11.3. The van der Waals surface area contributed by atoms with E-state index in [0.29, 0.717) is 12.3 Å². The van der Waals surface area contributed by atoms with Gasteiger partial charge in [0.15, 0.2) is 5.78 Å². The minimum absolute atomic E-state index is 0.100. The molecule has 5 nitrogen and oxygen atoms in total. The number of anilines is 1. The Morgan fingerprint density at radius 2 is 1.97 bits per heavy atom. The van der Waals surface area contributed by atoms with Gasteiger partial charge in [-0.15, -0.1) is 11.3 Å². The number of ether oxygens (including phenoxy) is 1. The first-order chi connectivity index (χ1) is 15.0. The Hall–Kier alpha value is -2.34. The number of para-hydroxylation sites is 2. The largest absolute Gasteiger partial charge is 0.485 e. The first-order valence-corrected chi connectivity index (χ1v) is 12.2. The van der Waals surface area contributed by atoms with Gasteiger partial charge in [-0.2, -0.15) is 0 Å². The standard InChI is InChI=1S/C25H32N2O3S/c1-19(28)26-17-21(29)9-8-20-10-12-25(13-11-20)14-15-27(18-22-5-4-16-31-22)23-6-2-3-7-24(23)30-25/h2-7,16,20H,8-15,17-18H2,1H3,(H,26,28). The molecular formula is C25H32N2O3S. The third-order valence-electron chi connectivity index (χ3n) is 6.68. The molecule has 1 spiro atoms. The van der Waals surface area contributed by atoms with Crippen molar-refractivity contribution in [1.29, 1.82) is 0 Å². The van der Waals surface area contributed by atoms with Gasteiger partial charge in [0.2, 0.25) is 5.91 Å². The second kappa shape index (κ2) is 9.86. The number of Topliss-reactive ketones (excluding diaryl/α,β-unsaturated/α-hetero) is 1. The van der Waals surface area contributed by atoms with Crippen LogP contribution in [0.1, 0.15) is 56.7 Å². The van der Waals surface area contributed by atoms with Gasteiger partial charge < -0.3 is 15.0 Å². The summed E-state index contributed by atoms with van der Waals surface area (Å²) in [6, 6.07) is 12.8. The van der Waals surface area contributed by atoms with Gasteiger partial charge in [0.1, 0.15) is 11.4 Å². The fourth-order valence-electron chi connectivity index (χ4n) is 4.82. The van der Waals surface area contributed by atoms with E-state index in [0.717, 1.165) is 57.4 Å². The zero-order chi connectivity index (χ0) is 21.7. The molecule has 2 heterocycles. The maximum absolute atomic E-state index is 12.0. The number of amides is 1. The molecule has 0 atom stereocenters. The Balaban J connectivity index is 1.35. The quantitative estimate of drug-likeness (QED) is 0.662. The van der Waals surface area contributed by atoms with Crippen LogP contribution in [0.5, 0.6) is 5.75 Å². The van der Waals surface area contributed by atoms with Crippen molar-refractivity contribution in [2.45, 2.75) is 64.0 Å². The van der Waals surface area contributed by atoms with E-state index in [-0.39, 0.29) is 23.8 Å². The van der Waals surface area contributed by atoms with Crippen LogP contribution in [0.25, 0.3) is 0 Å². The molecule has 1 fully saturated rings. The molecule has 1 saturated carbocycles. The monoisotopic (exact) mass is 440 g/mol. The summed E-state index contributed by atoms with van der Waals surface area (Å²) in [7, 11) is 0. The van der Waals surface area contributed by atoms with Gasteiger partial charge in [-0.3, -0.25) is 9.59 Å². The van der Waals surface area contributed by atoms with E-state index in [1.54, 1.807) is 11.3 Å². The van der Waals surface area contributed by atoms with Gasteiger partial charge in [0, 0.05) is 31.2 Å². The van der Waals surface area contributed by atoms with Crippen molar-refractivity contribution >= 4 is 28.7 Å². The summed E-state index contributed by atoms with van der Waals surface area (Å²) in [6.45, 7) is 3.52. The van der Waals surface area contributed by atoms with Gasteiger partial charge in [-0.05, 0) is 61.6 Å². The zero-order valence-electron chi connectivity index (χ0n) is 18.3. The third kappa shape index (κ3) is 5.67. The van der Waals surface area contributed by atoms with Crippen molar-refractivity contribution in [3.8, 4) is 5.75 Å². The predicted octanol–water partition coefficient (Wildman–Crippen LogP) is 4.95. The highest BCUT2D eigenvalue weighted by molar-refractivity contribution is 7.09. The van der Waals surface area contributed by atoms with Crippen LogP contribution in [0.3, 0.4) is 0 Å². The van der Waals surface area contributed by atoms with Crippen molar-refractivity contribution in [2.75, 3.05) is 18.0 Å². The van der Waals surface area contributed by atoms with Crippen LogP contribution < -0.4 is 15.0 Å². The van der Waals surface area contributed by atoms with Crippen LogP contribution in [0.15, 0.2) is 41.8 Å². The molecule has 2 aliphatic rings. The molecule has 0 saturated heterocycles. The lowest BCUT2D eigenvalue weighted by atomic mass is 9.75. The van der Waals surface area contributed by atoms with Crippen molar-refractivity contribution < 1.29 is 14.3 Å². The molecule has 31 heavy (non-hydrogen) atoms. The lowest BCUT2D eigenvalue weighted by Crippen LogP contribution is -2.41. The number of ketones is 1. The fourth-order valence-corrected chi connectivity index (χ4v) is 5.54. The molecule has 166 valence electrons. The van der Waals surface area contributed by atoms with Gasteiger partial charge in [0.05, 0.1) is 18.8 Å². The summed E-state index contributed by atoms with van der Waals surface area (Å²) in [4.78, 5) is 26.8. The summed E-state index contributed by atoms with van der Waals surface area (Å²) >= 11 is 1.80. The van der Waals surface area contributed by atoms with Gasteiger partial charge in [0.25, 0.3) is 0 Å². The minimum Gasteiger partial charge on any atom is -0.485 e. The number of benzene rings is 1. The van der Waals surface area contributed by atoms with E-state index >= 15 is 0 Å². The number of fused-ring (bicyclic) bond motifs is 1. The van der Waals surface area contributed by atoms with E-state index in [1.807, 2.05) is 0 Å². The molecule has 1 aliphatic carbocycles. The third-order valence-corrected chi connectivity index (χ3v) is 7.54. The molecule has 6 heteroatoms. The predicted molar refractivity (Wildman–Crippen MR) is 125 cm³/mol. The molecule has 1 amide bonds. The molecular weight excluding hydrogens is 408 g/mol. The van der Waals surface area contributed by atoms with Crippen LogP contribution in [0, 0.1) is 5.92 Å². The molecule has 2 aromatic rings. The van der Waals surface area contributed by atoms with Crippen LogP contribution >= 0.6 is 11.3 Å². The Bertz CT molecular complexity index is 888. The second-order valence-electron chi connectivity index (χ2n) is 8.93. The first kappa shape index (κ1) is 21.9. The van der Waals surface area contributed by atoms with E-state index < -0.39 is 0 Å². The van der Waals surface area contributed by atoms with Crippen molar-refractivity contribution in [1.82, 2.24) is 5.32 Å². The van der Waals surface area contributed by atoms with Crippen LogP contribution in [0.4, 0.5) is 5.69 Å². The molecule has 1 N–H and O–H groups in total. The number of carbonyl (C=O) groups is 2. The smallest absolute Gasteiger partial charge is 0.217 e. The van der Waals surface area contributed by atoms with E-state index in [9.17, 15) is 9.59 Å². The number of nitrogens with one attached hydrogen (secondary N) is 1. The van der Waals surface area contributed by atoms with Crippen molar-refractivity contribution in [2.24, 2.45) is 5.92 Å². The van der Waals surface area contributed by atoms with Crippen LogP contribution in [-0.2, 0) is 16.1 Å². The summed E-state index contributed by atoms with van der Waals surface area (Å²) in [6.07, 6.45) is 6.77. The number of hydrogen-bond donors (Lipinski definition) is 1. The highest BCUT2D eigenvalue weighted by Gasteiger charge is 2.40. The highest BCUT2D eigenvalue weighted by Crippen LogP contribution is 2.44. The van der Waals surface area contributed by atoms with E-state index in [1.165, 1.54) is 17.5 Å². The highest BCUT2D eigenvalue weighted by atomic mass is 32.1.